The number of benzene rings is 1. The first-order valence-corrected chi connectivity index (χ1v) is 10.9. The molecule has 9 nitrogen and oxygen atoms in total. The Morgan fingerprint density at radius 1 is 1.17 bits per heavy atom. The lowest BCUT2D eigenvalue weighted by Crippen LogP contribution is -2.37. The monoisotopic (exact) mass is 494 g/mol. The number of aromatic nitrogens is 3. The number of aliphatic hydroxyl groups excluding tert-OH is 1. The number of pyridine rings is 1. The van der Waals surface area contributed by atoms with E-state index in [1.165, 1.54) is 35.1 Å². The van der Waals surface area contributed by atoms with Crippen molar-refractivity contribution in [2.45, 2.75) is 64.3 Å². The second-order valence-electron chi connectivity index (χ2n) is 9.13. The normalized spacial score (nSPS) is 18.1. The molecule has 1 amide bonds. The highest BCUT2D eigenvalue weighted by Crippen LogP contribution is 2.34. The van der Waals surface area contributed by atoms with E-state index in [0.717, 1.165) is 0 Å². The summed E-state index contributed by atoms with van der Waals surface area (Å²) in [6.07, 6.45) is -3.52. The van der Waals surface area contributed by atoms with E-state index in [2.05, 4.69) is 20.1 Å². The van der Waals surface area contributed by atoms with Gasteiger partial charge in [0.15, 0.2) is 5.65 Å². The van der Waals surface area contributed by atoms with Gasteiger partial charge in [0, 0.05) is 19.0 Å². The van der Waals surface area contributed by atoms with Crippen LogP contribution in [0.15, 0.2) is 36.5 Å². The first kappa shape index (κ1) is 24.6. The molecule has 2 aromatic heterocycles. The number of hydrogen-bond donors (Lipinski definition) is 2. The SMILES string of the molecule is CC(C)(C)OC(=O)NCc1nn(-c2ccc(OC(F)(F)F)cc2)c2nccc(O[C@H]3C[C@H](O)C3)c12. The number of fused-ring (bicyclic) bond motifs is 1. The number of nitrogens with one attached hydrogen (secondary N) is 1. The lowest BCUT2D eigenvalue weighted by molar-refractivity contribution is -0.274. The van der Waals surface area contributed by atoms with Gasteiger partial charge >= 0.3 is 12.5 Å². The third-order valence-electron chi connectivity index (χ3n) is 5.08. The Kier molecular flexibility index (Phi) is 6.50. The molecule has 0 spiro atoms. The van der Waals surface area contributed by atoms with Gasteiger partial charge in [-0.15, -0.1) is 13.2 Å². The molecule has 0 atom stereocenters. The zero-order chi connectivity index (χ0) is 25.4. The zero-order valence-corrected chi connectivity index (χ0v) is 19.3. The fourth-order valence-electron chi connectivity index (χ4n) is 3.56. The van der Waals surface area contributed by atoms with Gasteiger partial charge in [0.05, 0.1) is 29.4 Å². The fraction of sp³-hybridized carbons (Fsp3) is 0.435. The third kappa shape index (κ3) is 6.13. The Morgan fingerprint density at radius 3 is 2.46 bits per heavy atom. The second-order valence-corrected chi connectivity index (χ2v) is 9.13. The van der Waals surface area contributed by atoms with Crippen LogP contribution in [0.4, 0.5) is 18.0 Å². The van der Waals surface area contributed by atoms with Gasteiger partial charge in [-0.2, -0.15) is 5.10 Å². The molecule has 1 saturated carbocycles. The quantitative estimate of drug-likeness (QED) is 0.528. The highest BCUT2D eigenvalue weighted by atomic mass is 19.4. The van der Waals surface area contributed by atoms with Crippen LogP contribution in [0.25, 0.3) is 16.7 Å². The van der Waals surface area contributed by atoms with Crippen molar-refractivity contribution in [3.05, 3.63) is 42.2 Å². The number of nitrogens with zero attached hydrogens (tertiary/aromatic N) is 3. The first-order chi connectivity index (χ1) is 16.4. The number of halogens is 3. The van der Waals surface area contributed by atoms with Crippen molar-refractivity contribution in [2.75, 3.05) is 0 Å². The minimum absolute atomic E-state index is 0.0109. The topological polar surface area (TPSA) is 108 Å². The molecule has 1 fully saturated rings. The minimum atomic E-state index is -4.80. The summed E-state index contributed by atoms with van der Waals surface area (Å²) < 4.78 is 54.2. The van der Waals surface area contributed by atoms with Crippen molar-refractivity contribution in [2.24, 2.45) is 0 Å². The summed E-state index contributed by atoms with van der Waals surface area (Å²) in [5.41, 5.74) is 0.543. The molecule has 0 unspecified atom stereocenters. The number of aliphatic hydroxyl groups is 1. The van der Waals surface area contributed by atoms with Crippen molar-refractivity contribution < 1.29 is 37.3 Å². The van der Waals surface area contributed by atoms with Crippen LogP contribution in [0.5, 0.6) is 11.5 Å². The highest BCUT2D eigenvalue weighted by molar-refractivity contribution is 5.86. The maximum atomic E-state index is 12.5. The van der Waals surface area contributed by atoms with Crippen LogP contribution >= 0.6 is 0 Å². The van der Waals surface area contributed by atoms with Gasteiger partial charge in [0.25, 0.3) is 0 Å². The molecule has 2 N–H and O–H groups in total. The largest absolute Gasteiger partial charge is 0.573 e. The lowest BCUT2D eigenvalue weighted by atomic mass is 9.92. The van der Waals surface area contributed by atoms with E-state index in [1.54, 1.807) is 26.8 Å². The summed E-state index contributed by atoms with van der Waals surface area (Å²) in [6, 6.07) is 6.83. The van der Waals surface area contributed by atoms with E-state index in [4.69, 9.17) is 9.47 Å². The van der Waals surface area contributed by atoms with Crippen molar-refractivity contribution in [1.82, 2.24) is 20.1 Å². The summed E-state index contributed by atoms with van der Waals surface area (Å²) >= 11 is 0. The predicted molar refractivity (Wildman–Crippen MR) is 118 cm³/mol. The van der Waals surface area contributed by atoms with Gasteiger partial charge in [-0.05, 0) is 51.1 Å². The van der Waals surface area contributed by atoms with Gasteiger partial charge in [0.2, 0.25) is 0 Å². The summed E-state index contributed by atoms with van der Waals surface area (Å²) in [5, 5.41) is 17.3. The molecule has 0 radical (unpaired) electrons. The van der Waals surface area contributed by atoms with Crippen molar-refractivity contribution in [3.63, 3.8) is 0 Å². The number of alkyl carbamates (subject to hydrolysis) is 1. The number of amides is 1. The maximum Gasteiger partial charge on any atom is 0.573 e. The van der Waals surface area contributed by atoms with Gasteiger partial charge in [-0.1, -0.05) is 0 Å². The summed E-state index contributed by atoms with van der Waals surface area (Å²) in [7, 11) is 0. The van der Waals surface area contributed by atoms with E-state index in [1.807, 2.05) is 0 Å². The second kappa shape index (κ2) is 9.25. The molecule has 0 bridgehead atoms. The Balaban J connectivity index is 1.67. The van der Waals surface area contributed by atoms with Gasteiger partial charge in [-0.25, -0.2) is 14.5 Å². The van der Waals surface area contributed by atoms with Gasteiger partial charge < -0.3 is 24.6 Å². The van der Waals surface area contributed by atoms with Crippen LogP contribution in [0.2, 0.25) is 0 Å². The molecular weight excluding hydrogens is 469 g/mol. The van der Waals surface area contributed by atoms with Crippen molar-refractivity contribution in [3.8, 4) is 17.2 Å². The van der Waals surface area contributed by atoms with Crippen molar-refractivity contribution >= 4 is 17.1 Å². The predicted octanol–water partition coefficient (Wildman–Crippen LogP) is 4.25. The third-order valence-corrected chi connectivity index (χ3v) is 5.08. The molecular formula is C23H25F3N4O5. The molecule has 1 aliphatic carbocycles. The molecule has 3 aromatic rings. The first-order valence-electron chi connectivity index (χ1n) is 10.9. The van der Waals surface area contributed by atoms with E-state index in [0.29, 0.717) is 41.0 Å². The van der Waals surface area contributed by atoms with Crippen molar-refractivity contribution in [1.29, 1.82) is 0 Å². The smallest absolute Gasteiger partial charge is 0.489 e. The van der Waals surface area contributed by atoms with Crippen LogP contribution in [-0.4, -0.2) is 50.1 Å². The fourth-order valence-corrected chi connectivity index (χ4v) is 3.56. The zero-order valence-electron chi connectivity index (χ0n) is 19.3. The molecule has 12 heteroatoms. The van der Waals surface area contributed by atoms with Crippen LogP contribution in [-0.2, 0) is 11.3 Å². The number of alkyl halides is 3. The van der Waals surface area contributed by atoms with Crippen LogP contribution in [0.3, 0.4) is 0 Å². The highest BCUT2D eigenvalue weighted by Gasteiger charge is 2.32. The summed E-state index contributed by atoms with van der Waals surface area (Å²) in [4.78, 5) is 16.6. The summed E-state index contributed by atoms with van der Waals surface area (Å²) in [5.74, 6) is 0.0983. The number of carbonyl (C=O) groups excluding carboxylic acids is 1. The molecule has 2 heterocycles. The molecule has 4 rings (SSSR count). The van der Waals surface area contributed by atoms with Crippen LogP contribution in [0.1, 0.15) is 39.3 Å². The standard InChI is InChI=1S/C23H25F3N4O5/c1-22(2,3)35-21(32)28-12-17-19-18(33-16-10-14(31)11-16)8-9-27-20(19)30(29-17)13-4-6-15(7-5-13)34-23(24,25)26/h4-9,14,16,31H,10-12H2,1-3H3,(H,28,32)/t14-,16-. The maximum absolute atomic E-state index is 12.5. The van der Waals surface area contributed by atoms with E-state index >= 15 is 0 Å². The Morgan fingerprint density at radius 2 is 1.86 bits per heavy atom. The number of carbonyl (C=O) groups is 1. The molecule has 1 aliphatic rings. The molecule has 1 aromatic carbocycles. The van der Waals surface area contributed by atoms with E-state index < -0.39 is 24.2 Å². The van der Waals surface area contributed by atoms with E-state index in [9.17, 15) is 23.1 Å². The number of ether oxygens (including phenoxy) is 3. The Bertz CT molecular complexity index is 1200. The molecule has 188 valence electrons. The Hall–Kier alpha value is -3.54. The average Bonchev–Trinajstić information content (AvgIpc) is 3.09. The molecule has 0 aliphatic heterocycles. The van der Waals surface area contributed by atoms with Gasteiger partial charge in [0.1, 0.15) is 23.2 Å². The average molecular weight is 494 g/mol. The van der Waals surface area contributed by atoms with Crippen LogP contribution in [0, 0.1) is 0 Å². The lowest BCUT2D eigenvalue weighted by Gasteiger charge is -2.31. The number of rotatable bonds is 6. The van der Waals surface area contributed by atoms with E-state index in [-0.39, 0.29) is 18.4 Å². The molecule has 35 heavy (non-hydrogen) atoms. The summed E-state index contributed by atoms with van der Waals surface area (Å²) in [6.45, 7) is 5.21. The number of hydrogen-bond acceptors (Lipinski definition) is 7. The molecule has 0 saturated heterocycles. The minimum Gasteiger partial charge on any atom is -0.489 e. The van der Waals surface area contributed by atoms with Gasteiger partial charge in [-0.3, -0.25) is 0 Å². The van der Waals surface area contributed by atoms with Crippen LogP contribution < -0.4 is 14.8 Å². The Labute approximate surface area is 198 Å².